The molecule has 0 aliphatic heterocycles. The normalized spacial score (nSPS) is 9.07. The Morgan fingerprint density at radius 1 is 1.40 bits per heavy atom. The van der Waals surface area contributed by atoms with Crippen LogP contribution < -0.4 is 0 Å². The van der Waals surface area contributed by atoms with Crippen LogP contribution in [0.1, 0.15) is 5.56 Å². The zero-order valence-electron chi connectivity index (χ0n) is 7.61. The van der Waals surface area contributed by atoms with Crippen LogP contribution in [-0.4, -0.2) is 13.1 Å². The molecule has 0 radical (unpaired) electrons. The molecule has 1 aromatic rings. The van der Waals surface area contributed by atoms with Crippen molar-refractivity contribution in [3.05, 3.63) is 34.4 Å². The van der Waals surface area contributed by atoms with E-state index in [4.69, 9.17) is 11.6 Å². The predicted molar refractivity (Wildman–Crippen MR) is 50.3 cm³/mol. The summed E-state index contributed by atoms with van der Waals surface area (Å²) in [6, 6.07) is 1.60. The molecule has 0 unspecified atom stereocenters. The van der Waals surface area contributed by atoms with Crippen LogP contribution in [0.2, 0.25) is 5.02 Å². The fraction of sp³-hybridized carbons (Fsp3) is 0.100. The SMILES string of the molecule is COC(=O)C#Cc1cc(F)c(Cl)cc1F. The van der Waals surface area contributed by atoms with Crippen molar-refractivity contribution < 1.29 is 18.3 Å². The summed E-state index contributed by atoms with van der Waals surface area (Å²) in [5, 5.41) is -0.337. The van der Waals surface area contributed by atoms with Crippen molar-refractivity contribution in [3.8, 4) is 11.8 Å². The first kappa shape index (κ1) is 11.5. The zero-order chi connectivity index (χ0) is 11.4. The molecule has 0 aliphatic carbocycles. The monoisotopic (exact) mass is 230 g/mol. The summed E-state index contributed by atoms with van der Waals surface area (Å²) in [6.07, 6.45) is 0. The highest BCUT2D eigenvalue weighted by Crippen LogP contribution is 2.18. The van der Waals surface area contributed by atoms with Gasteiger partial charge >= 0.3 is 5.97 Å². The summed E-state index contributed by atoms with van der Waals surface area (Å²) >= 11 is 5.32. The van der Waals surface area contributed by atoms with E-state index in [-0.39, 0.29) is 10.6 Å². The average molecular weight is 231 g/mol. The van der Waals surface area contributed by atoms with Gasteiger partial charge in [0.25, 0.3) is 0 Å². The van der Waals surface area contributed by atoms with Crippen molar-refractivity contribution in [2.75, 3.05) is 7.11 Å². The van der Waals surface area contributed by atoms with Gasteiger partial charge in [0, 0.05) is 5.92 Å². The summed E-state index contributed by atoms with van der Waals surface area (Å²) in [6.45, 7) is 0. The molecule has 0 bridgehead atoms. The molecule has 78 valence electrons. The maximum absolute atomic E-state index is 13.1. The van der Waals surface area contributed by atoms with Crippen molar-refractivity contribution in [1.29, 1.82) is 0 Å². The maximum atomic E-state index is 13.1. The highest BCUT2D eigenvalue weighted by atomic mass is 35.5. The summed E-state index contributed by atoms with van der Waals surface area (Å²) in [5.74, 6) is 1.69. The third kappa shape index (κ3) is 2.93. The minimum absolute atomic E-state index is 0.248. The van der Waals surface area contributed by atoms with E-state index in [9.17, 15) is 13.6 Å². The number of esters is 1. The van der Waals surface area contributed by atoms with Crippen LogP contribution in [0.4, 0.5) is 8.78 Å². The lowest BCUT2D eigenvalue weighted by Gasteiger charge is -1.96. The van der Waals surface area contributed by atoms with E-state index in [1.165, 1.54) is 0 Å². The molecular formula is C10H5ClF2O2. The van der Waals surface area contributed by atoms with E-state index in [0.717, 1.165) is 19.2 Å². The molecule has 0 saturated heterocycles. The lowest BCUT2D eigenvalue weighted by molar-refractivity contribution is -0.133. The molecule has 0 fully saturated rings. The summed E-state index contributed by atoms with van der Waals surface area (Å²) in [5.41, 5.74) is -0.248. The van der Waals surface area contributed by atoms with E-state index in [1.54, 1.807) is 0 Å². The molecule has 0 aliphatic rings. The van der Waals surface area contributed by atoms with E-state index in [0.29, 0.717) is 0 Å². The second kappa shape index (κ2) is 4.76. The van der Waals surface area contributed by atoms with Crippen LogP contribution in [0.5, 0.6) is 0 Å². The molecule has 0 spiro atoms. The Balaban J connectivity index is 3.09. The largest absolute Gasteiger partial charge is 0.459 e. The third-order valence-electron chi connectivity index (χ3n) is 1.49. The molecule has 5 heteroatoms. The zero-order valence-corrected chi connectivity index (χ0v) is 8.36. The smallest absolute Gasteiger partial charge is 0.384 e. The van der Waals surface area contributed by atoms with E-state index >= 15 is 0 Å². The molecule has 2 nitrogen and oxygen atoms in total. The number of carbonyl (C=O) groups excluding carboxylic acids is 1. The first-order chi connectivity index (χ1) is 7.04. The number of carbonyl (C=O) groups is 1. The van der Waals surface area contributed by atoms with Crippen molar-refractivity contribution >= 4 is 17.6 Å². The van der Waals surface area contributed by atoms with Crippen LogP contribution in [0.25, 0.3) is 0 Å². The molecule has 0 heterocycles. The molecule has 1 aromatic carbocycles. The summed E-state index contributed by atoms with van der Waals surface area (Å²) in [7, 11) is 1.13. The van der Waals surface area contributed by atoms with Gasteiger partial charge in [-0.05, 0) is 12.1 Å². The number of ether oxygens (including phenoxy) is 1. The molecule has 1 rings (SSSR count). The van der Waals surface area contributed by atoms with Crippen molar-refractivity contribution in [3.63, 3.8) is 0 Å². The van der Waals surface area contributed by atoms with Crippen LogP contribution in [0.15, 0.2) is 12.1 Å². The van der Waals surface area contributed by atoms with Gasteiger partial charge in [-0.3, -0.25) is 0 Å². The third-order valence-corrected chi connectivity index (χ3v) is 1.78. The van der Waals surface area contributed by atoms with Crippen LogP contribution in [0, 0.1) is 23.5 Å². The minimum Gasteiger partial charge on any atom is -0.459 e. The molecular weight excluding hydrogens is 226 g/mol. The van der Waals surface area contributed by atoms with E-state index in [1.807, 2.05) is 5.92 Å². The molecule has 0 atom stereocenters. The number of halogens is 3. The Bertz CT molecular complexity index is 460. The fourth-order valence-corrected chi connectivity index (χ4v) is 0.938. The van der Waals surface area contributed by atoms with Gasteiger partial charge in [0.15, 0.2) is 0 Å². The Hall–Kier alpha value is -1.60. The van der Waals surface area contributed by atoms with Gasteiger partial charge in [0.1, 0.15) is 11.6 Å². The van der Waals surface area contributed by atoms with Gasteiger partial charge in [0.05, 0.1) is 17.7 Å². The Kier molecular flexibility index (Phi) is 3.64. The summed E-state index contributed by atoms with van der Waals surface area (Å²) < 4.78 is 30.2. The minimum atomic E-state index is -0.829. The topological polar surface area (TPSA) is 26.3 Å². The van der Waals surface area contributed by atoms with Crippen molar-refractivity contribution in [2.24, 2.45) is 0 Å². The Morgan fingerprint density at radius 2 is 2.07 bits per heavy atom. The predicted octanol–water partition coefficient (Wildman–Crippen LogP) is 2.14. The van der Waals surface area contributed by atoms with Gasteiger partial charge in [-0.25, -0.2) is 13.6 Å². The lowest BCUT2D eigenvalue weighted by Crippen LogP contribution is -1.95. The number of methoxy groups -OCH3 is 1. The van der Waals surface area contributed by atoms with Gasteiger partial charge in [-0.1, -0.05) is 17.5 Å². The Morgan fingerprint density at radius 3 is 2.67 bits per heavy atom. The second-order valence-electron chi connectivity index (χ2n) is 2.49. The Labute approximate surface area is 89.8 Å². The second-order valence-corrected chi connectivity index (χ2v) is 2.89. The number of hydrogen-bond donors (Lipinski definition) is 0. The van der Waals surface area contributed by atoms with Gasteiger partial charge in [-0.2, -0.15) is 0 Å². The van der Waals surface area contributed by atoms with Crippen molar-refractivity contribution in [2.45, 2.75) is 0 Å². The molecule has 0 amide bonds. The standard InChI is InChI=1S/C10H5ClF2O2/c1-15-10(14)3-2-6-4-9(13)7(11)5-8(6)12/h4-5H,1H3. The number of rotatable bonds is 0. The average Bonchev–Trinajstić information content (AvgIpc) is 2.21. The van der Waals surface area contributed by atoms with E-state index in [2.05, 4.69) is 10.7 Å². The van der Waals surface area contributed by atoms with Gasteiger partial charge in [0.2, 0.25) is 0 Å². The highest BCUT2D eigenvalue weighted by molar-refractivity contribution is 6.30. The first-order valence-electron chi connectivity index (χ1n) is 3.79. The highest BCUT2D eigenvalue weighted by Gasteiger charge is 2.06. The fourth-order valence-electron chi connectivity index (χ4n) is 0.788. The van der Waals surface area contributed by atoms with Crippen LogP contribution in [0.3, 0.4) is 0 Å². The maximum Gasteiger partial charge on any atom is 0.384 e. The number of hydrogen-bond acceptors (Lipinski definition) is 2. The lowest BCUT2D eigenvalue weighted by atomic mass is 10.2. The summed E-state index contributed by atoms with van der Waals surface area (Å²) in [4.78, 5) is 10.6. The van der Waals surface area contributed by atoms with Crippen LogP contribution in [-0.2, 0) is 9.53 Å². The van der Waals surface area contributed by atoms with E-state index < -0.39 is 17.6 Å². The first-order valence-corrected chi connectivity index (χ1v) is 4.17. The molecule has 0 aromatic heterocycles. The molecule has 0 N–H and O–H groups in total. The number of benzene rings is 1. The van der Waals surface area contributed by atoms with Gasteiger partial charge < -0.3 is 4.74 Å². The molecule has 15 heavy (non-hydrogen) atoms. The van der Waals surface area contributed by atoms with Crippen molar-refractivity contribution in [1.82, 2.24) is 0 Å². The van der Waals surface area contributed by atoms with Crippen LogP contribution >= 0.6 is 11.6 Å². The van der Waals surface area contributed by atoms with Gasteiger partial charge in [-0.15, -0.1) is 0 Å². The molecule has 0 saturated carbocycles. The quantitative estimate of drug-likeness (QED) is 0.388.